The average Bonchev–Trinajstić information content (AvgIpc) is 3.24. The summed E-state index contributed by atoms with van der Waals surface area (Å²) < 4.78 is 27.9. The molecular formula is C20H18N4O2S. The van der Waals surface area contributed by atoms with Crippen LogP contribution in [0.1, 0.15) is 11.4 Å². The number of aromatic nitrogens is 3. The molecule has 0 bridgehead atoms. The van der Waals surface area contributed by atoms with Crippen LogP contribution in [0.2, 0.25) is 0 Å². The summed E-state index contributed by atoms with van der Waals surface area (Å²) in [6.07, 6.45) is 5.29. The predicted octanol–water partition coefficient (Wildman–Crippen LogP) is 2.24. The Labute approximate surface area is 156 Å². The molecule has 0 radical (unpaired) electrons. The highest BCUT2D eigenvalue weighted by Crippen LogP contribution is 2.19. The minimum Gasteiger partial charge on any atom is -0.355 e. The van der Waals surface area contributed by atoms with Gasteiger partial charge in [-0.15, -0.1) is 0 Å². The summed E-state index contributed by atoms with van der Waals surface area (Å²) in [7, 11) is -3.66. The number of hydrogen-bond acceptors (Lipinski definition) is 3. The lowest BCUT2D eigenvalue weighted by Crippen LogP contribution is -2.21. The smallest absolute Gasteiger partial charge is 0.261 e. The lowest BCUT2D eigenvalue weighted by atomic mass is 10.2. The third-order valence-corrected chi connectivity index (χ3v) is 5.70. The molecule has 6 nitrogen and oxygen atoms in total. The molecule has 3 N–H and O–H groups in total. The van der Waals surface area contributed by atoms with Crippen molar-refractivity contribution in [3.63, 3.8) is 0 Å². The first-order valence-electron chi connectivity index (χ1n) is 8.34. The minimum absolute atomic E-state index is 0.225. The highest BCUT2D eigenvalue weighted by Gasteiger charge is 2.14. The normalized spacial score (nSPS) is 12.6. The van der Waals surface area contributed by atoms with Crippen LogP contribution in [0.3, 0.4) is 0 Å². The zero-order chi connectivity index (χ0) is 19.0. The maximum Gasteiger partial charge on any atom is 0.261 e. The van der Waals surface area contributed by atoms with E-state index in [4.69, 9.17) is 0 Å². The van der Waals surface area contributed by atoms with Crippen LogP contribution >= 0.6 is 0 Å². The Bertz CT molecular complexity index is 1320. The number of aryl methyl sites for hydroxylation is 1. The first-order valence-corrected chi connectivity index (χ1v) is 9.82. The van der Waals surface area contributed by atoms with Crippen molar-refractivity contribution in [2.75, 3.05) is 4.72 Å². The van der Waals surface area contributed by atoms with Crippen LogP contribution in [-0.4, -0.2) is 23.4 Å². The van der Waals surface area contributed by atoms with Gasteiger partial charge in [-0.2, -0.15) is 0 Å². The Morgan fingerprint density at radius 3 is 2.63 bits per heavy atom. The highest BCUT2D eigenvalue weighted by atomic mass is 32.2. The predicted molar refractivity (Wildman–Crippen MR) is 107 cm³/mol. The van der Waals surface area contributed by atoms with E-state index in [0.717, 1.165) is 27.0 Å². The fourth-order valence-electron chi connectivity index (χ4n) is 2.92. The van der Waals surface area contributed by atoms with Gasteiger partial charge in [0.1, 0.15) is 5.82 Å². The van der Waals surface area contributed by atoms with Crippen LogP contribution in [-0.2, 0) is 10.0 Å². The second-order valence-corrected chi connectivity index (χ2v) is 8.00. The number of fused-ring (bicyclic) bond motifs is 1. The van der Waals surface area contributed by atoms with Crippen molar-refractivity contribution in [2.24, 2.45) is 0 Å². The summed E-state index contributed by atoms with van der Waals surface area (Å²) >= 11 is 0. The molecule has 2 aromatic heterocycles. The highest BCUT2D eigenvalue weighted by molar-refractivity contribution is 7.92. The number of aromatic amines is 2. The Hall–Kier alpha value is -3.32. The maximum absolute atomic E-state index is 12.6. The molecule has 136 valence electrons. The van der Waals surface area contributed by atoms with Crippen LogP contribution in [0.25, 0.3) is 23.6 Å². The van der Waals surface area contributed by atoms with Crippen molar-refractivity contribution in [2.45, 2.75) is 11.8 Å². The van der Waals surface area contributed by atoms with E-state index in [9.17, 15) is 8.42 Å². The number of imidazole rings is 1. The molecular weight excluding hydrogens is 360 g/mol. The van der Waals surface area contributed by atoms with E-state index in [1.807, 2.05) is 19.1 Å². The molecule has 0 aliphatic heterocycles. The van der Waals surface area contributed by atoms with E-state index in [-0.39, 0.29) is 4.90 Å². The van der Waals surface area contributed by atoms with Gasteiger partial charge in [-0.25, -0.2) is 13.4 Å². The zero-order valence-corrected chi connectivity index (χ0v) is 15.5. The van der Waals surface area contributed by atoms with Crippen LogP contribution in [0, 0.1) is 6.92 Å². The Morgan fingerprint density at radius 2 is 1.93 bits per heavy atom. The molecule has 27 heavy (non-hydrogen) atoms. The number of benzene rings is 2. The molecule has 0 aliphatic rings. The van der Waals surface area contributed by atoms with Crippen molar-refractivity contribution < 1.29 is 8.42 Å². The van der Waals surface area contributed by atoms with Gasteiger partial charge in [0.05, 0.1) is 4.90 Å². The lowest BCUT2D eigenvalue weighted by Gasteiger charge is -2.08. The quantitative estimate of drug-likeness (QED) is 0.509. The molecule has 0 amide bonds. The lowest BCUT2D eigenvalue weighted by molar-refractivity contribution is 0.601. The second-order valence-electron chi connectivity index (χ2n) is 6.31. The van der Waals surface area contributed by atoms with Gasteiger partial charge < -0.3 is 9.97 Å². The van der Waals surface area contributed by atoms with Gasteiger partial charge in [-0.05, 0) is 43.3 Å². The van der Waals surface area contributed by atoms with Gasteiger partial charge in [-0.1, -0.05) is 24.3 Å². The van der Waals surface area contributed by atoms with E-state index in [2.05, 4.69) is 26.3 Å². The summed E-state index contributed by atoms with van der Waals surface area (Å²) in [5.41, 5.74) is 2.36. The molecule has 7 heteroatoms. The minimum atomic E-state index is -3.66. The first kappa shape index (κ1) is 17.1. The van der Waals surface area contributed by atoms with Crippen molar-refractivity contribution in [3.8, 4) is 0 Å². The van der Waals surface area contributed by atoms with Gasteiger partial charge in [0, 0.05) is 39.6 Å². The summed E-state index contributed by atoms with van der Waals surface area (Å²) in [4.78, 5) is 10.7. The van der Waals surface area contributed by atoms with E-state index in [1.54, 1.807) is 48.8 Å². The first-order chi connectivity index (χ1) is 12.9. The van der Waals surface area contributed by atoms with Gasteiger partial charge in [0.25, 0.3) is 10.0 Å². The molecule has 0 unspecified atom stereocenters. The fourth-order valence-corrected chi connectivity index (χ4v) is 3.97. The standard InChI is InChI=1S/C20H18N4O2S/c1-13-3-6-16(7-4-13)27(25,26)24-15-5-8-19-18(11-15)17(14(2)23-19)12-20-21-9-10-22-20/h3-12,23-24H,2H2,1H3,(H,21,22)/b17-12-. The van der Waals surface area contributed by atoms with Gasteiger partial charge in [0.2, 0.25) is 0 Å². The van der Waals surface area contributed by atoms with Crippen LogP contribution in [0.15, 0.2) is 59.8 Å². The molecule has 0 saturated heterocycles. The van der Waals surface area contributed by atoms with E-state index < -0.39 is 10.0 Å². The third-order valence-electron chi connectivity index (χ3n) is 4.30. The summed E-state index contributed by atoms with van der Waals surface area (Å²) in [5.74, 6) is 0.700. The molecule has 0 aliphatic carbocycles. The maximum atomic E-state index is 12.6. The fraction of sp³-hybridized carbons (Fsp3) is 0.0500. The topological polar surface area (TPSA) is 90.6 Å². The molecule has 2 aromatic carbocycles. The number of sulfonamides is 1. The van der Waals surface area contributed by atoms with Crippen molar-refractivity contribution >= 4 is 39.3 Å². The number of nitrogens with zero attached hydrogens (tertiary/aromatic N) is 1. The summed E-state index contributed by atoms with van der Waals surface area (Å²) in [6, 6.07) is 12.1. The van der Waals surface area contributed by atoms with E-state index in [1.165, 1.54) is 0 Å². The Kier molecular flexibility index (Phi) is 4.08. The number of hydrogen-bond donors (Lipinski definition) is 3. The Morgan fingerprint density at radius 1 is 1.15 bits per heavy atom. The molecule has 2 heterocycles. The molecule has 0 spiro atoms. The summed E-state index contributed by atoms with van der Waals surface area (Å²) in [6.45, 7) is 5.94. The SMILES string of the molecule is C=c1[nH]c2ccc(NS(=O)(=O)c3ccc(C)cc3)cc2/c1=C\c1ncc[nH]1. The molecule has 4 aromatic rings. The number of nitrogens with one attached hydrogen (secondary N) is 3. The van der Waals surface area contributed by atoms with E-state index in [0.29, 0.717) is 11.5 Å². The number of rotatable bonds is 4. The van der Waals surface area contributed by atoms with Crippen molar-refractivity contribution in [1.82, 2.24) is 15.0 Å². The van der Waals surface area contributed by atoms with Crippen LogP contribution < -0.4 is 15.3 Å². The third kappa shape index (κ3) is 3.37. The van der Waals surface area contributed by atoms with E-state index >= 15 is 0 Å². The van der Waals surface area contributed by atoms with Crippen molar-refractivity contribution in [3.05, 3.63) is 76.8 Å². The van der Waals surface area contributed by atoms with Crippen molar-refractivity contribution in [1.29, 1.82) is 0 Å². The van der Waals surface area contributed by atoms with Gasteiger partial charge in [-0.3, -0.25) is 4.72 Å². The second kappa shape index (κ2) is 6.44. The largest absolute Gasteiger partial charge is 0.355 e. The molecule has 4 rings (SSSR count). The van der Waals surface area contributed by atoms with Gasteiger partial charge in [0.15, 0.2) is 0 Å². The molecule has 0 fully saturated rings. The summed E-state index contributed by atoms with van der Waals surface area (Å²) in [5, 5.41) is 2.46. The number of anilines is 1. The average molecular weight is 378 g/mol. The molecule has 0 atom stereocenters. The van der Waals surface area contributed by atoms with Gasteiger partial charge >= 0.3 is 0 Å². The van der Waals surface area contributed by atoms with Crippen LogP contribution in [0.5, 0.6) is 0 Å². The zero-order valence-electron chi connectivity index (χ0n) is 14.7. The Balaban J connectivity index is 1.78. The number of H-pyrrole nitrogens is 2. The molecule has 0 saturated carbocycles. The van der Waals surface area contributed by atoms with Crippen LogP contribution in [0.4, 0.5) is 5.69 Å². The monoisotopic (exact) mass is 378 g/mol.